The molecule has 1 aromatic heterocycles. The Bertz CT molecular complexity index is 489. The number of aryl methyl sites for hydroxylation is 1. The third-order valence-electron chi connectivity index (χ3n) is 3.53. The SMILES string of the molecule is COC(=O)C1CCN(C(=O)c2cnn(C)c2N)CC1. The van der Waals surface area contributed by atoms with Gasteiger partial charge in [0, 0.05) is 20.1 Å². The van der Waals surface area contributed by atoms with Crippen LogP contribution in [0.3, 0.4) is 0 Å². The first kappa shape index (κ1) is 13.4. The van der Waals surface area contributed by atoms with Crippen LogP contribution in [0.15, 0.2) is 6.20 Å². The van der Waals surface area contributed by atoms with E-state index in [2.05, 4.69) is 5.10 Å². The van der Waals surface area contributed by atoms with E-state index in [0.29, 0.717) is 37.3 Å². The molecule has 2 rings (SSSR count). The summed E-state index contributed by atoms with van der Waals surface area (Å²) in [5.41, 5.74) is 6.20. The molecule has 7 heteroatoms. The average molecular weight is 266 g/mol. The van der Waals surface area contributed by atoms with Gasteiger partial charge in [-0.05, 0) is 12.8 Å². The number of anilines is 1. The summed E-state index contributed by atoms with van der Waals surface area (Å²) in [5.74, 6) is -0.0812. The summed E-state index contributed by atoms with van der Waals surface area (Å²) < 4.78 is 6.18. The van der Waals surface area contributed by atoms with E-state index >= 15 is 0 Å². The molecule has 0 aromatic carbocycles. The van der Waals surface area contributed by atoms with Gasteiger partial charge in [-0.1, -0.05) is 0 Å². The molecular weight excluding hydrogens is 248 g/mol. The minimum absolute atomic E-state index is 0.111. The second-order valence-corrected chi connectivity index (χ2v) is 4.66. The molecule has 0 aliphatic carbocycles. The van der Waals surface area contributed by atoms with Gasteiger partial charge in [0.05, 0.1) is 19.2 Å². The fraction of sp³-hybridized carbons (Fsp3) is 0.583. The van der Waals surface area contributed by atoms with Crippen molar-refractivity contribution in [3.05, 3.63) is 11.8 Å². The normalized spacial score (nSPS) is 16.4. The second-order valence-electron chi connectivity index (χ2n) is 4.66. The maximum atomic E-state index is 12.3. The lowest BCUT2D eigenvalue weighted by molar-refractivity contribution is -0.146. The summed E-state index contributed by atoms with van der Waals surface area (Å²) in [4.78, 5) is 25.4. The molecule has 0 bridgehead atoms. The quantitative estimate of drug-likeness (QED) is 0.762. The van der Waals surface area contributed by atoms with Crippen molar-refractivity contribution >= 4 is 17.7 Å². The van der Waals surface area contributed by atoms with Crippen LogP contribution < -0.4 is 5.73 Å². The minimum atomic E-state index is -0.201. The van der Waals surface area contributed by atoms with E-state index in [1.54, 1.807) is 11.9 Å². The van der Waals surface area contributed by atoms with Gasteiger partial charge in [-0.15, -0.1) is 0 Å². The van der Waals surface area contributed by atoms with Gasteiger partial charge in [0.2, 0.25) is 0 Å². The largest absolute Gasteiger partial charge is 0.469 e. The first-order valence-electron chi connectivity index (χ1n) is 6.19. The van der Waals surface area contributed by atoms with Crippen molar-refractivity contribution in [3.63, 3.8) is 0 Å². The molecule has 19 heavy (non-hydrogen) atoms. The number of amides is 1. The molecule has 1 saturated heterocycles. The zero-order valence-electron chi connectivity index (χ0n) is 11.1. The number of aromatic nitrogens is 2. The zero-order chi connectivity index (χ0) is 14.0. The Morgan fingerprint density at radius 1 is 1.42 bits per heavy atom. The van der Waals surface area contributed by atoms with E-state index < -0.39 is 0 Å². The Kier molecular flexibility index (Phi) is 3.73. The number of nitrogen functional groups attached to an aromatic ring is 1. The lowest BCUT2D eigenvalue weighted by atomic mass is 9.96. The lowest BCUT2D eigenvalue weighted by Crippen LogP contribution is -2.40. The van der Waals surface area contributed by atoms with Crippen LogP contribution in [0.2, 0.25) is 0 Å². The van der Waals surface area contributed by atoms with Crippen LogP contribution >= 0.6 is 0 Å². The maximum absolute atomic E-state index is 12.3. The number of ether oxygens (including phenoxy) is 1. The first-order chi connectivity index (χ1) is 9.04. The number of nitrogens with zero attached hydrogens (tertiary/aromatic N) is 3. The monoisotopic (exact) mass is 266 g/mol. The Balaban J connectivity index is 2.00. The van der Waals surface area contributed by atoms with E-state index in [1.807, 2.05) is 0 Å². The van der Waals surface area contributed by atoms with Crippen molar-refractivity contribution in [3.8, 4) is 0 Å². The lowest BCUT2D eigenvalue weighted by Gasteiger charge is -2.30. The van der Waals surface area contributed by atoms with Gasteiger partial charge in [-0.25, -0.2) is 0 Å². The van der Waals surface area contributed by atoms with Gasteiger partial charge in [0.15, 0.2) is 0 Å². The summed E-state index contributed by atoms with van der Waals surface area (Å²) in [6.07, 6.45) is 2.72. The number of carbonyl (C=O) groups is 2. The molecule has 0 unspecified atom stereocenters. The van der Waals surface area contributed by atoms with Gasteiger partial charge in [-0.2, -0.15) is 5.10 Å². The van der Waals surface area contributed by atoms with E-state index in [0.717, 1.165) is 0 Å². The third-order valence-corrected chi connectivity index (χ3v) is 3.53. The Morgan fingerprint density at radius 2 is 2.05 bits per heavy atom. The molecule has 1 aliphatic rings. The molecule has 2 heterocycles. The molecular formula is C12H18N4O3. The van der Waals surface area contributed by atoms with Crippen LogP contribution in [0.1, 0.15) is 23.2 Å². The Morgan fingerprint density at radius 3 is 2.53 bits per heavy atom. The molecule has 0 saturated carbocycles. The number of rotatable bonds is 2. The number of hydrogen-bond donors (Lipinski definition) is 1. The topological polar surface area (TPSA) is 90.5 Å². The van der Waals surface area contributed by atoms with E-state index in [-0.39, 0.29) is 17.8 Å². The molecule has 1 aliphatic heterocycles. The molecule has 1 amide bonds. The van der Waals surface area contributed by atoms with Crippen molar-refractivity contribution in [1.82, 2.24) is 14.7 Å². The highest BCUT2D eigenvalue weighted by Gasteiger charge is 2.29. The van der Waals surface area contributed by atoms with Gasteiger partial charge >= 0.3 is 5.97 Å². The number of likely N-dealkylation sites (tertiary alicyclic amines) is 1. The Hall–Kier alpha value is -2.05. The van der Waals surface area contributed by atoms with Crippen molar-refractivity contribution < 1.29 is 14.3 Å². The van der Waals surface area contributed by atoms with Crippen molar-refractivity contribution in [2.75, 3.05) is 25.9 Å². The fourth-order valence-corrected chi connectivity index (χ4v) is 2.27. The van der Waals surface area contributed by atoms with Gasteiger partial charge < -0.3 is 15.4 Å². The first-order valence-corrected chi connectivity index (χ1v) is 6.19. The van der Waals surface area contributed by atoms with Crippen LogP contribution in [0.5, 0.6) is 0 Å². The third kappa shape index (κ3) is 2.54. The Labute approximate surface area is 111 Å². The van der Waals surface area contributed by atoms with Crippen LogP contribution in [0, 0.1) is 5.92 Å². The molecule has 0 radical (unpaired) electrons. The van der Waals surface area contributed by atoms with Crippen molar-refractivity contribution in [1.29, 1.82) is 0 Å². The molecule has 7 nitrogen and oxygen atoms in total. The van der Waals surface area contributed by atoms with Crippen molar-refractivity contribution in [2.45, 2.75) is 12.8 Å². The van der Waals surface area contributed by atoms with E-state index in [4.69, 9.17) is 10.5 Å². The molecule has 1 aromatic rings. The summed E-state index contributed by atoms with van der Waals surface area (Å²) in [7, 11) is 3.08. The standard InChI is InChI=1S/C12H18N4O3/c1-15-10(13)9(7-14-15)11(17)16-5-3-8(4-6-16)12(18)19-2/h7-8H,3-6,13H2,1-2H3. The summed E-state index contributed by atoms with van der Waals surface area (Å²) in [5, 5.41) is 3.96. The number of hydrogen-bond acceptors (Lipinski definition) is 5. The van der Waals surface area contributed by atoms with Gasteiger partial charge in [0.25, 0.3) is 5.91 Å². The highest BCUT2D eigenvalue weighted by atomic mass is 16.5. The summed E-state index contributed by atoms with van der Waals surface area (Å²) >= 11 is 0. The van der Waals surface area contributed by atoms with Gasteiger partial charge in [0.1, 0.15) is 11.4 Å². The fourth-order valence-electron chi connectivity index (χ4n) is 2.27. The van der Waals surface area contributed by atoms with Crippen molar-refractivity contribution in [2.24, 2.45) is 13.0 Å². The molecule has 2 N–H and O–H groups in total. The molecule has 1 fully saturated rings. The van der Waals surface area contributed by atoms with Gasteiger partial charge in [-0.3, -0.25) is 14.3 Å². The minimum Gasteiger partial charge on any atom is -0.469 e. The predicted molar refractivity (Wildman–Crippen MR) is 68.3 cm³/mol. The van der Waals surface area contributed by atoms with E-state index in [9.17, 15) is 9.59 Å². The molecule has 104 valence electrons. The highest BCUT2D eigenvalue weighted by molar-refractivity contribution is 5.98. The zero-order valence-corrected chi connectivity index (χ0v) is 11.1. The summed E-state index contributed by atoms with van der Waals surface area (Å²) in [6.45, 7) is 1.07. The second kappa shape index (κ2) is 5.29. The number of methoxy groups -OCH3 is 1. The van der Waals surface area contributed by atoms with Crippen LogP contribution in [0.4, 0.5) is 5.82 Å². The number of nitrogens with two attached hydrogens (primary N) is 1. The summed E-state index contributed by atoms with van der Waals surface area (Å²) in [6, 6.07) is 0. The number of piperidine rings is 1. The number of esters is 1. The maximum Gasteiger partial charge on any atom is 0.308 e. The smallest absolute Gasteiger partial charge is 0.308 e. The number of carbonyl (C=O) groups excluding carboxylic acids is 2. The molecule has 0 spiro atoms. The highest BCUT2D eigenvalue weighted by Crippen LogP contribution is 2.21. The predicted octanol–water partition coefficient (Wildman–Crippen LogP) is 0.0275. The molecule has 0 atom stereocenters. The average Bonchev–Trinajstić information content (AvgIpc) is 2.77. The van der Waals surface area contributed by atoms with E-state index in [1.165, 1.54) is 18.0 Å². The van der Waals surface area contributed by atoms with Crippen LogP contribution in [0.25, 0.3) is 0 Å². The van der Waals surface area contributed by atoms with Crippen LogP contribution in [-0.4, -0.2) is 46.8 Å². The van der Waals surface area contributed by atoms with Crippen LogP contribution in [-0.2, 0) is 16.6 Å².